The van der Waals surface area contributed by atoms with E-state index in [9.17, 15) is 22.6 Å². The molecule has 0 aliphatic carbocycles. The smallest absolute Gasteiger partial charge is 0.747 e. The van der Waals surface area contributed by atoms with Crippen LogP contribution < -0.4 is 51.4 Å². The van der Waals surface area contributed by atoms with Crippen molar-refractivity contribution in [3.05, 3.63) is 0 Å². The molecule has 1 aliphatic heterocycles. The average molecular weight is 231 g/mol. The van der Waals surface area contributed by atoms with Gasteiger partial charge in [0.2, 0.25) is 11.8 Å². The number of carbonyl (C=O) groups excluding carboxylic acids is 2. The van der Waals surface area contributed by atoms with Gasteiger partial charge in [-0.15, -0.1) is 0 Å². The summed E-state index contributed by atoms with van der Waals surface area (Å²) in [5.74, 6) is -2.23. The molecular weight excluding hydrogens is 225 g/mol. The summed E-state index contributed by atoms with van der Waals surface area (Å²) < 4.78 is 30.5. The summed E-state index contributed by atoms with van der Waals surface area (Å²) >= 11 is 0. The van der Waals surface area contributed by atoms with E-state index < -0.39 is 27.8 Å². The van der Waals surface area contributed by atoms with Gasteiger partial charge in [-0.25, -0.2) is 8.42 Å². The first kappa shape index (κ1) is 13.7. The first-order chi connectivity index (χ1) is 5.40. The number of amides is 2. The number of nitrogens with zero attached hydrogens (tertiary/aromatic N) is 1. The molecule has 0 N–H and O–H groups in total. The molecular formula is C5H6KNO5S. The van der Waals surface area contributed by atoms with Crippen molar-refractivity contribution in [1.29, 1.82) is 0 Å². The van der Waals surface area contributed by atoms with E-state index in [-0.39, 0.29) is 64.2 Å². The van der Waals surface area contributed by atoms with Crippen molar-refractivity contribution in [2.75, 3.05) is 5.88 Å². The van der Waals surface area contributed by atoms with Crippen molar-refractivity contribution in [3.8, 4) is 0 Å². The molecule has 0 spiro atoms. The van der Waals surface area contributed by atoms with E-state index in [1.54, 1.807) is 0 Å². The van der Waals surface area contributed by atoms with Crippen molar-refractivity contribution in [2.24, 2.45) is 0 Å². The predicted molar refractivity (Wildman–Crippen MR) is 35.7 cm³/mol. The van der Waals surface area contributed by atoms with Crippen LogP contribution in [0.5, 0.6) is 0 Å². The van der Waals surface area contributed by atoms with Crippen molar-refractivity contribution in [2.45, 2.75) is 12.8 Å². The van der Waals surface area contributed by atoms with Crippen LogP contribution >= 0.6 is 0 Å². The SMILES string of the molecule is O=C1CCC(=O)N1CS(=O)(=O)[O-].[K+]. The Morgan fingerprint density at radius 1 is 1.23 bits per heavy atom. The monoisotopic (exact) mass is 231 g/mol. The zero-order valence-corrected chi connectivity index (χ0v) is 11.0. The van der Waals surface area contributed by atoms with Gasteiger partial charge in [-0.3, -0.25) is 14.5 Å². The standard InChI is InChI=1S/C5H7NO5S.K/c7-4-1-2-5(8)6(4)3-12(9,10)11;/h1-3H2,(H,9,10,11);/q;+1/p-1. The normalized spacial score (nSPS) is 17.5. The van der Waals surface area contributed by atoms with Gasteiger partial charge in [-0.2, -0.15) is 0 Å². The second-order valence-corrected chi connectivity index (χ2v) is 3.78. The van der Waals surface area contributed by atoms with E-state index >= 15 is 0 Å². The largest absolute Gasteiger partial charge is 1.00 e. The Kier molecular flexibility index (Phi) is 5.22. The maximum atomic E-state index is 10.8. The fraction of sp³-hybridized carbons (Fsp3) is 0.600. The second-order valence-electron chi connectivity index (χ2n) is 2.40. The minimum absolute atomic E-state index is 0. The Bertz CT molecular complexity index is 308. The first-order valence-corrected chi connectivity index (χ1v) is 4.74. The molecule has 1 saturated heterocycles. The molecule has 0 unspecified atom stereocenters. The number of carbonyl (C=O) groups is 2. The molecule has 0 saturated carbocycles. The van der Waals surface area contributed by atoms with Gasteiger partial charge in [0.25, 0.3) is 0 Å². The van der Waals surface area contributed by atoms with Gasteiger partial charge in [0, 0.05) is 12.8 Å². The number of imide groups is 1. The van der Waals surface area contributed by atoms with E-state index in [4.69, 9.17) is 0 Å². The number of rotatable bonds is 2. The van der Waals surface area contributed by atoms with Gasteiger partial charge in [0.1, 0.15) is 16.0 Å². The van der Waals surface area contributed by atoms with Crippen LogP contribution in [-0.2, 0) is 19.7 Å². The van der Waals surface area contributed by atoms with Gasteiger partial charge < -0.3 is 4.55 Å². The molecule has 1 fully saturated rings. The number of hydrogen-bond acceptors (Lipinski definition) is 5. The zero-order chi connectivity index (χ0) is 9.35. The topological polar surface area (TPSA) is 94.6 Å². The molecule has 8 heteroatoms. The molecule has 0 atom stereocenters. The van der Waals surface area contributed by atoms with E-state index in [1.807, 2.05) is 0 Å². The minimum Gasteiger partial charge on any atom is -0.747 e. The molecule has 1 aliphatic rings. The predicted octanol–water partition coefficient (Wildman–Crippen LogP) is -4.36. The fourth-order valence-corrected chi connectivity index (χ4v) is 1.53. The van der Waals surface area contributed by atoms with Crippen LogP contribution in [0.3, 0.4) is 0 Å². The van der Waals surface area contributed by atoms with Crippen molar-refractivity contribution >= 4 is 21.9 Å². The molecule has 0 bridgehead atoms. The Morgan fingerprint density at radius 2 is 1.62 bits per heavy atom. The average Bonchev–Trinajstić information content (AvgIpc) is 2.16. The van der Waals surface area contributed by atoms with Crippen molar-refractivity contribution < 1.29 is 73.9 Å². The van der Waals surface area contributed by atoms with Crippen LogP contribution in [0.15, 0.2) is 0 Å². The minimum atomic E-state index is -4.54. The maximum Gasteiger partial charge on any atom is 1.00 e. The Balaban J connectivity index is 0.00000144. The van der Waals surface area contributed by atoms with Gasteiger partial charge in [-0.1, -0.05) is 0 Å². The molecule has 6 nitrogen and oxygen atoms in total. The maximum absolute atomic E-state index is 10.8. The van der Waals surface area contributed by atoms with Crippen LogP contribution in [0.2, 0.25) is 0 Å². The van der Waals surface area contributed by atoms with Gasteiger partial charge in [0.15, 0.2) is 0 Å². The van der Waals surface area contributed by atoms with Crippen molar-refractivity contribution in [3.63, 3.8) is 0 Å². The number of hydrogen-bond donors (Lipinski definition) is 0. The fourth-order valence-electron chi connectivity index (χ4n) is 0.925. The van der Waals surface area contributed by atoms with Crippen LogP contribution in [0.25, 0.3) is 0 Å². The van der Waals surface area contributed by atoms with E-state index in [2.05, 4.69) is 0 Å². The molecule has 0 aromatic heterocycles. The zero-order valence-electron chi connectivity index (χ0n) is 7.02. The molecule has 0 radical (unpaired) electrons. The first-order valence-electron chi connectivity index (χ1n) is 3.17. The van der Waals surface area contributed by atoms with Crippen LogP contribution in [0.4, 0.5) is 0 Å². The quantitative estimate of drug-likeness (QED) is 0.272. The van der Waals surface area contributed by atoms with Crippen molar-refractivity contribution in [1.82, 2.24) is 4.90 Å². The molecule has 0 aromatic rings. The summed E-state index contributed by atoms with van der Waals surface area (Å²) in [6.07, 6.45) is -0.0112. The van der Waals surface area contributed by atoms with Crippen LogP contribution in [0.1, 0.15) is 12.8 Å². The second kappa shape index (κ2) is 4.96. The van der Waals surface area contributed by atoms with E-state index in [0.717, 1.165) is 0 Å². The molecule has 1 heterocycles. The van der Waals surface area contributed by atoms with Gasteiger partial charge >= 0.3 is 51.4 Å². The van der Waals surface area contributed by atoms with Crippen LogP contribution in [-0.4, -0.2) is 35.6 Å². The third-order valence-electron chi connectivity index (χ3n) is 1.44. The third kappa shape index (κ3) is 4.15. The summed E-state index contributed by atoms with van der Waals surface area (Å²) in [6, 6.07) is 0. The Labute approximate surface area is 118 Å². The van der Waals surface area contributed by atoms with Gasteiger partial charge in [-0.05, 0) is 0 Å². The van der Waals surface area contributed by atoms with E-state index in [1.165, 1.54) is 0 Å². The summed E-state index contributed by atoms with van der Waals surface area (Å²) in [6.45, 7) is 0. The molecule has 0 aromatic carbocycles. The Morgan fingerprint density at radius 3 is 1.92 bits per heavy atom. The molecule has 1 rings (SSSR count). The van der Waals surface area contributed by atoms with Crippen LogP contribution in [0, 0.1) is 0 Å². The third-order valence-corrected chi connectivity index (χ3v) is 2.02. The Hall–Kier alpha value is 0.686. The summed E-state index contributed by atoms with van der Waals surface area (Å²) in [4.78, 5) is 22.0. The summed E-state index contributed by atoms with van der Waals surface area (Å²) in [7, 11) is -4.54. The van der Waals surface area contributed by atoms with E-state index in [0.29, 0.717) is 4.90 Å². The molecule has 2 amide bonds. The molecule has 13 heavy (non-hydrogen) atoms. The summed E-state index contributed by atoms with van der Waals surface area (Å²) in [5.41, 5.74) is 0. The van der Waals surface area contributed by atoms with Gasteiger partial charge in [0.05, 0.1) is 0 Å². The summed E-state index contributed by atoms with van der Waals surface area (Å²) in [5, 5.41) is 0. The number of likely N-dealkylation sites (tertiary alicyclic amines) is 1. The molecule has 68 valence electrons.